The monoisotopic (exact) mass is 324 g/mol. The molecule has 1 heterocycles. The summed E-state index contributed by atoms with van der Waals surface area (Å²) in [5, 5.41) is 0. The molecule has 0 unspecified atom stereocenters. The Kier molecular flexibility index (Phi) is 2.14. The molecule has 0 aromatic carbocycles. The van der Waals surface area contributed by atoms with Crippen LogP contribution in [-0.2, 0) is 0 Å². The fraction of sp³-hybridized carbons (Fsp3) is 1.00. The molecule has 0 aromatic heterocycles. The first kappa shape index (κ1) is 9.53. The summed E-state index contributed by atoms with van der Waals surface area (Å²) in [7, 11) is 0. The van der Waals surface area contributed by atoms with Crippen LogP contribution in [0.1, 0.15) is 25.7 Å². The summed E-state index contributed by atoms with van der Waals surface area (Å²) in [6.45, 7) is 0. The standard InChI is InChI=1S/C10H14Br2S/c11-7-3-9-1-2-10(9,4-8(7)12)6-13-5-9/h7-8H,1-6H2/t7-,8+,9+,10-. The van der Waals surface area contributed by atoms with Crippen LogP contribution in [0.15, 0.2) is 0 Å². The molecular formula is C10H14Br2S. The van der Waals surface area contributed by atoms with Crippen molar-refractivity contribution in [2.45, 2.75) is 35.3 Å². The highest BCUT2D eigenvalue weighted by Crippen LogP contribution is 2.71. The van der Waals surface area contributed by atoms with Crippen molar-refractivity contribution in [2.75, 3.05) is 11.5 Å². The second kappa shape index (κ2) is 2.91. The molecule has 3 heteroatoms. The van der Waals surface area contributed by atoms with Crippen LogP contribution in [0.25, 0.3) is 0 Å². The number of hydrogen-bond donors (Lipinski definition) is 0. The maximum Gasteiger partial charge on any atom is 0.0277 e. The molecular weight excluding hydrogens is 312 g/mol. The minimum absolute atomic E-state index is 0.722. The van der Waals surface area contributed by atoms with E-state index in [0.717, 1.165) is 20.5 Å². The van der Waals surface area contributed by atoms with Crippen LogP contribution in [0.4, 0.5) is 0 Å². The first-order chi connectivity index (χ1) is 6.18. The predicted octanol–water partition coefficient (Wildman–Crippen LogP) is 3.82. The molecule has 4 atom stereocenters. The van der Waals surface area contributed by atoms with Gasteiger partial charge in [0.25, 0.3) is 0 Å². The second-order valence-corrected chi connectivity index (χ2v) is 8.33. The molecule has 3 aliphatic rings. The summed E-state index contributed by atoms with van der Waals surface area (Å²) < 4.78 is 0. The molecule has 0 spiro atoms. The third kappa shape index (κ3) is 1.10. The third-order valence-corrected chi connectivity index (χ3v) is 8.67. The first-order valence-corrected chi connectivity index (χ1v) is 8.02. The summed E-state index contributed by atoms with van der Waals surface area (Å²) in [5.74, 6) is 2.88. The smallest absolute Gasteiger partial charge is 0.0277 e. The molecule has 3 fully saturated rings. The number of halogens is 2. The Bertz CT molecular complexity index is 221. The van der Waals surface area contributed by atoms with Gasteiger partial charge in [0.15, 0.2) is 0 Å². The highest BCUT2D eigenvalue weighted by molar-refractivity contribution is 9.12. The van der Waals surface area contributed by atoms with E-state index in [2.05, 4.69) is 43.6 Å². The highest BCUT2D eigenvalue weighted by atomic mass is 79.9. The molecule has 0 nitrogen and oxygen atoms in total. The molecule has 0 radical (unpaired) electrons. The Balaban J connectivity index is 1.92. The lowest BCUT2D eigenvalue weighted by Crippen LogP contribution is -2.57. The van der Waals surface area contributed by atoms with Crippen molar-refractivity contribution in [2.24, 2.45) is 10.8 Å². The van der Waals surface area contributed by atoms with Crippen molar-refractivity contribution < 1.29 is 0 Å². The van der Waals surface area contributed by atoms with E-state index >= 15 is 0 Å². The van der Waals surface area contributed by atoms with Gasteiger partial charge in [-0.25, -0.2) is 0 Å². The molecule has 1 saturated heterocycles. The lowest BCUT2D eigenvalue weighted by molar-refractivity contribution is -0.0640. The largest absolute Gasteiger partial charge is 0.161 e. The molecule has 3 rings (SSSR count). The first-order valence-electron chi connectivity index (χ1n) is 5.03. The van der Waals surface area contributed by atoms with E-state index in [1.165, 1.54) is 37.2 Å². The van der Waals surface area contributed by atoms with Crippen molar-refractivity contribution >= 4 is 43.6 Å². The fourth-order valence-corrected chi connectivity index (χ4v) is 7.12. The Morgan fingerprint density at radius 1 is 0.923 bits per heavy atom. The van der Waals surface area contributed by atoms with Gasteiger partial charge in [-0.05, 0) is 48.0 Å². The van der Waals surface area contributed by atoms with Gasteiger partial charge in [0.05, 0.1) is 0 Å². The third-order valence-electron chi connectivity index (χ3n) is 4.53. The summed E-state index contributed by atoms with van der Waals surface area (Å²) >= 11 is 9.86. The second-order valence-electron chi connectivity index (χ2n) is 4.99. The van der Waals surface area contributed by atoms with Gasteiger partial charge in [-0.3, -0.25) is 0 Å². The Morgan fingerprint density at radius 3 is 1.77 bits per heavy atom. The van der Waals surface area contributed by atoms with Gasteiger partial charge >= 0.3 is 0 Å². The molecule has 1 aliphatic heterocycles. The topological polar surface area (TPSA) is 0 Å². The van der Waals surface area contributed by atoms with Crippen LogP contribution < -0.4 is 0 Å². The Labute approximate surface area is 101 Å². The SMILES string of the molecule is Br[C@@H]1C[C@]23CC[C@]2(CSC3)C[C@@H]1Br. The van der Waals surface area contributed by atoms with Crippen LogP contribution >= 0.6 is 43.6 Å². The van der Waals surface area contributed by atoms with Gasteiger partial charge in [-0.1, -0.05) is 31.9 Å². The molecule has 0 bridgehead atoms. The molecule has 0 amide bonds. The van der Waals surface area contributed by atoms with Crippen LogP contribution in [0.2, 0.25) is 0 Å². The quantitative estimate of drug-likeness (QED) is 0.610. The minimum atomic E-state index is 0.722. The van der Waals surface area contributed by atoms with E-state index in [4.69, 9.17) is 0 Å². The molecule has 13 heavy (non-hydrogen) atoms. The lowest BCUT2D eigenvalue weighted by atomic mass is 9.46. The molecule has 2 saturated carbocycles. The van der Waals surface area contributed by atoms with Crippen molar-refractivity contribution in [3.05, 3.63) is 0 Å². The zero-order valence-electron chi connectivity index (χ0n) is 7.56. The fourth-order valence-electron chi connectivity index (χ4n) is 3.48. The van der Waals surface area contributed by atoms with Gasteiger partial charge in [-0.15, -0.1) is 0 Å². The van der Waals surface area contributed by atoms with Crippen LogP contribution in [0.3, 0.4) is 0 Å². The summed E-state index contributed by atoms with van der Waals surface area (Å²) in [5.41, 5.74) is 1.49. The van der Waals surface area contributed by atoms with Crippen molar-refractivity contribution in [3.8, 4) is 0 Å². The van der Waals surface area contributed by atoms with Gasteiger partial charge < -0.3 is 0 Å². The van der Waals surface area contributed by atoms with Crippen LogP contribution in [0.5, 0.6) is 0 Å². The maximum atomic E-state index is 3.83. The molecule has 0 aromatic rings. The Hall–Kier alpha value is 1.31. The van der Waals surface area contributed by atoms with E-state index < -0.39 is 0 Å². The molecule has 74 valence electrons. The highest BCUT2D eigenvalue weighted by Gasteiger charge is 2.64. The normalized spacial score (nSPS) is 59.5. The summed E-state index contributed by atoms with van der Waals surface area (Å²) in [6, 6.07) is 0. The van der Waals surface area contributed by atoms with Crippen molar-refractivity contribution in [1.29, 1.82) is 0 Å². The minimum Gasteiger partial charge on any atom is -0.161 e. The lowest BCUT2D eigenvalue weighted by Gasteiger charge is -2.60. The zero-order valence-corrected chi connectivity index (χ0v) is 11.6. The van der Waals surface area contributed by atoms with E-state index in [9.17, 15) is 0 Å². The molecule has 0 N–H and O–H groups in total. The predicted molar refractivity (Wildman–Crippen MR) is 66.1 cm³/mol. The number of hydrogen-bond acceptors (Lipinski definition) is 1. The number of rotatable bonds is 0. The van der Waals surface area contributed by atoms with Gasteiger partial charge in [0.1, 0.15) is 0 Å². The van der Waals surface area contributed by atoms with E-state index in [-0.39, 0.29) is 0 Å². The number of thioether (sulfide) groups is 1. The van der Waals surface area contributed by atoms with Crippen LogP contribution in [0, 0.1) is 10.8 Å². The summed E-state index contributed by atoms with van der Waals surface area (Å²) in [6.07, 6.45) is 5.83. The average molecular weight is 326 g/mol. The van der Waals surface area contributed by atoms with E-state index in [1.54, 1.807) is 0 Å². The van der Waals surface area contributed by atoms with E-state index in [0.29, 0.717) is 0 Å². The van der Waals surface area contributed by atoms with Crippen molar-refractivity contribution in [1.82, 2.24) is 0 Å². The van der Waals surface area contributed by atoms with Gasteiger partial charge in [0, 0.05) is 9.65 Å². The zero-order chi connectivity index (χ0) is 9.10. The van der Waals surface area contributed by atoms with Crippen molar-refractivity contribution in [3.63, 3.8) is 0 Å². The number of alkyl halides is 2. The van der Waals surface area contributed by atoms with Gasteiger partial charge in [-0.2, -0.15) is 11.8 Å². The molecule has 2 aliphatic carbocycles. The summed E-state index contributed by atoms with van der Waals surface area (Å²) in [4.78, 5) is 1.44. The van der Waals surface area contributed by atoms with Crippen LogP contribution in [-0.4, -0.2) is 21.2 Å². The van der Waals surface area contributed by atoms with E-state index in [1.807, 2.05) is 0 Å². The van der Waals surface area contributed by atoms with Gasteiger partial charge in [0.2, 0.25) is 0 Å². The average Bonchev–Trinajstić information content (AvgIpc) is 2.33. The maximum absolute atomic E-state index is 3.83. The Morgan fingerprint density at radius 2 is 1.38 bits per heavy atom.